The van der Waals surface area contributed by atoms with Crippen molar-refractivity contribution in [2.24, 2.45) is 11.8 Å². The Kier molecular flexibility index (Phi) is 3.16. The van der Waals surface area contributed by atoms with Gasteiger partial charge in [0.2, 0.25) is 5.89 Å². The summed E-state index contributed by atoms with van der Waals surface area (Å²) in [5.74, 6) is -1.38. The fourth-order valence-electron chi connectivity index (χ4n) is 2.85. The third-order valence-corrected chi connectivity index (χ3v) is 3.81. The number of alkyl halides is 3. The van der Waals surface area contributed by atoms with Gasteiger partial charge in [0.1, 0.15) is 5.60 Å². The first-order valence-electron chi connectivity index (χ1n) is 6.95. The third-order valence-electron chi connectivity index (χ3n) is 3.81. The van der Waals surface area contributed by atoms with Crippen LogP contribution in [0.15, 0.2) is 4.42 Å². The van der Waals surface area contributed by atoms with Crippen LogP contribution in [0, 0.1) is 11.8 Å². The number of carbonyl (C=O) groups excluding carboxylic acids is 1. The number of likely N-dealkylation sites (tertiary alicyclic amines) is 1. The maximum atomic E-state index is 12.4. The minimum Gasteiger partial charge on any atom is -0.444 e. The normalized spacial score (nSPS) is 27.7. The molecule has 1 saturated heterocycles. The van der Waals surface area contributed by atoms with E-state index in [1.807, 2.05) is 0 Å². The minimum absolute atomic E-state index is 0.00571. The number of aromatic nitrogens is 2. The van der Waals surface area contributed by atoms with E-state index in [4.69, 9.17) is 9.15 Å². The van der Waals surface area contributed by atoms with Gasteiger partial charge in [0.15, 0.2) is 0 Å². The van der Waals surface area contributed by atoms with Gasteiger partial charge in [-0.15, -0.1) is 10.2 Å². The van der Waals surface area contributed by atoms with Gasteiger partial charge in [0.05, 0.1) is 0 Å². The zero-order chi connectivity index (χ0) is 16.3. The second-order valence-electron chi connectivity index (χ2n) is 6.68. The lowest BCUT2D eigenvalue weighted by Crippen LogP contribution is -2.36. The number of hydrogen-bond acceptors (Lipinski definition) is 5. The van der Waals surface area contributed by atoms with Crippen LogP contribution in [0.1, 0.15) is 38.5 Å². The number of ether oxygens (including phenoxy) is 1. The first-order valence-corrected chi connectivity index (χ1v) is 6.95. The minimum atomic E-state index is -4.63. The summed E-state index contributed by atoms with van der Waals surface area (Å²) in [7, 11) is 0. The lowest BCUT2D eigenvalue weighted by molar-refractivity contribution is -0.157. The van der Waals surface area contributed by atoms with Crippen LogP contribution in [-0.4, -0.2) is 39.9 Å². The molecule has 122 valence electrons. The topological polar surface area (TPSA) is 68.5 Å². The highest BCUT2D eigenvalue weighted by Gasteiger charge is 2.60. The van der Waals surface area contributed by atoms with Crippen molar-refractivity contribution in [3.8, 4) is 0 Å². The van der Waals surface area contributed by atoms with E-state index >= 15 is 0 Å². The predicted octanol–water partition coefficient (Wildman–Crippen LogP) is 2.67. The van der Waals surface area contributed by atoms with Gasteiger partial charge in [-0.25, -0.2) is 4.79 Å². The van der Waals surface area contributed by atoms with Crippen LogP contribution >= 0.6 is 0 Å². The summed E-state index contributed by atoms with van der Waals surface area (Å²) in [5.41, 5.74) is -0.572. The monoisotopic (exact) mass is 319 g/mol. The summed E-state index contributed by atoms with van der Waals surface area (Å²) in [5, 5.41) is 6.52. The molecule has 0 spiro atoms. The molecule has 0 aromatic carbocycles. The molecule has 0 radical (unpaired) electrons. The van der Waals surface area contributed by atoms with Gasteiger partial charge in [-0.1, -0.05) is 0 Å². The first kappa shape index (κ1) is 15.1. The van der Waals surface area contributed by atoms with Crippen LogP contribution in [0.3, 0.4) is 0 Å². The fraction of sp³-hybridized carbons (Fsp3) is 0.769. The van der Waals surface area contributed by atoms with Crippen molar-refractivity contribution in [3.05, 3.63) is 11.8 Å². The molecule has 1 aliphatic carbocycles. The van der Waals surface area contributed by atoms with Gasteiger partial charge in [0, 0.05) is 19.0 Å². The van der Waals surface area contributed by atoms with Crippen molar-refractivity contribution in [2.75, 3.05) is 13.1 Å². The molecule has 3 rings (SSSR count). The van der Waals surface area contributed by atoms with Gasteiger partial charge in [-0.3, -0.25) is 0 Å². The maximum Gasteiger partial charge on any atom is 0.470 e. The van der Waals surface area contributed by atoms with Crippen LogP contribution in [0.2, 0.25) is 0 Å². The summed E-state index contributed by atoms with van der Waals surface area (Å²) in [6.07, 6.45) is -5.03. The van der Waals surface area contributed by atoms with Crippen molar-refractivity contribution in [2.45, 2.75) is 38.5 Å². The predicted molar refractivity (Wildman–Crippen MR) is 66.8 cm³/mol. The molecule has 9 heteroatoms. The lowest BCUT2D eigenvalue weighted by atomic mass is 10.2. The standard InChI is InChI=1S/C13H16F3N3O3/c1-12(2,3)22-11(20)19-4-6-7(5-19)8(6)9-17-18-10(21-9)13(14,15)16/h6-8H,4-5H2,1-3H3/t6-,7+,8?. The fourth-order valence-corrected chi connectivity index (χ4v) is 2.85. The molecule has 3 atom stereocenters. The largest absolute Gasteiger partial charge is 0.470 e. The molecule has 1 aliphatic heterocycles. The summed E-state index contributed by atoms with van der Waals surface area (Å²) < 4.78 is 47.3. The number of carbonyl (C=O) groups is 1. The molecular formula is C13H16F3N3O3. The zero-order valence-electron chi connectivity index (χ0n) is 12.3. The molecule has 2 fully saturated rings. The van der Waals surface area contributed by atoms with E-state index in [1.54, 1.807) is 25.7 Å². The van der Waals surface area contributed by atoms with Crippen molar-refractivity contribution in [1.82, 2.24) is 15.1 Å². The van der Waals surface area contributed by atoms with Gasteiger partial charge < -0.3 is 14.1 Å². The number of halogens is 3. The number of fused-ring (bicyclic) bond motifs is 1. The van der Waals surface area contributed by atoms with Crippen molar-refractivity contribution in [3.63, 3.8) is 0 Å². The Hall–Kier alpha value is -1.80. The number of nitrogens with zero attached hydrogens (tertiary/aromatic N) is 3. The Bertz CT molecular complexity index is 581. The SMILES string of the molecule is CC(C)(C)OC(=O)N1C[C@@H]2C(c3nnc(C(F)(F)F)o3)[C@@H]2C1. The van der Waals surface area contributed by atoms with E-state index in [1.165, 1.54) is 0 Å². The van der Waals surface area contributed by atoms with Crippen LogP contribution in [0.4, 0.5) is 18.0 Å². The number of rotatable bonds is 1. The Labute approximate surface area is 124 Å². The van der Waals surface area contributed by atoms with E-state index < -0.39 is 23.8 Å². The van der Waals surface area contributed by atoms with Crippen LogP contribution in [0.5, 0.6) is 0 Å². The average Bonchev–Trinajstić information content (AvgIpc) is 2.81. The molecule has 1 saturated carbocycles. The molecule has 0 bridgehead atoms. The molecule has 2 aliphatic rings. The Morgan fingerprint density at radius 3 is 2.27 bits per heavy atom. The summed E-state index contributed by atoms with van der Waals surface area (Å²) >= 11 is 0. The molecule has 1 aromatic heterocycles. The summed E-state index contributed by atoms with van der Waals surface area (Å²) in [6, 6.07) is 0. The quantitative estimate of drug-likeness (QED) is 0.796. The molecule has 2 heterocycles. The second kappa shape index (κ2) is 4.60. The van der Waals surface area contributed by atoms with E-state index in [0.29, 0.717) is 13.1 Å². The van der Waals surface area contributed by atoms with Crippen LogP contribution in [-0.2, 0) is 10.9 Å². The first-order chi connectivity index (χ1) is 10.1. The van der Waals surface area contributed by atoms with Crippen molar-refractivity contribution >= 4 is 6.09 Å². The number of amides is 1. The average molecular weight is 319 g/mol. The van der Waals surface area contributed by atoms with Crippen molar-refractivity contribution in [1.29, 1.82) is 0 Å². The molecule has 6 nitrogen and oxygen atoms in total. The van der Waals surface area contributed by atoms with Gasteiger partial charge in [0.25, 0.3) is 0 Å². The summed E-state index contributed by atoms with van der Waals surface area (Å²) in [4.78, 5) is 13.5. The van der Waals surface area contributed by atoms with Crippen molar-refractivity contribution < 1.29 is 27.1 Å². The third kappa shape index (κ3) is 2.76. The molecule has 1 unspecified atom stereocenters. The Morgan fingerprint density at radius 2 is 1.82 bits per heavy atom. The smallest absolute Gasteiger partial charge is 0.444 e. The number of hydrogen-bond donors (Lipinski definition) is 0. The van der Waals surface area contributed by atoms with E-state index in [-0.39, 0.29) is 23.6 Å². The van der Waals surface area contributed by atoms with E-state index in [9.17, 15) is 18.0 Å². The highest BCUT2D eigenvalue weighted by Crippen LogP contribution is 2.58. The maximum absolute atomic E-state index is 12.4. The molecule has 1 aromatic rings. The zero-order valence-corrected chi connectivity index (χ0v) is 12.3. The van der Waals surface area contributed by atoms with Gasteiger partial charge in [-0.2, -0.15) is 13.2 Å². The van der Waals surface area contributed by atoms with Crippen LogP contribution < -0.4 is 0 Å². The molecule has 0 N–H and O–H groups in total. The molecule has 1 amide bonds. The summed E-state index contributed by atoms with van der Waals surface area (Å²) in [6.45, 7) is 6.22. The second-order valence-corrected chi connectivity index (χ2v) is 6.68. The Morgan fingerprint density at radius 1 is 1.23 bits per heavy atom. The van der Waals surface area contributed by atoms with E-state index in [0.717, 1.165) is 0 Å². The van der Waals surface area contributed by atoms with Crippen LogP contribution in [0.25, 0.3) is 0 Å². The Balaban J connectivity index is 1.59. The lowest BCUT2D eigenvalue weighted by Gasteiger charge is -2.25. The van der Waals surface area contributed by atoms with Gasteiger partial charge >= 0.3 is 18.2 Å². The van der Waals surface area contributed by atoms with E-state index in [2.05, 4.69) is 10.2 Å². The number of piperidine rings is 1. The molecular weight excluding hydrogens is 303 g/mol. The highest BCUT2D eigenvalue weighted by atomic mass is 19.4. The van der Waals surface area contributed by atoms with Gasteiger partial charge in [-0.05, 0) is 32.6 Å². The molecule has 22 heavy (non-hydrogen) atoms. The highest BCUT2D eigenvalue weighted by molar-refractivity contribution is 5.69.